The van der Waals surface area contributed by atoms with Crippen LogP contribution >= 0.6 is 0 Å². The van der Waals surface area contributed by atoms with Crippen LogP contribution in [0.2, 0.25) is 0 Å². The lowest BCUT2D eigenvalue weighted by Crippen LogP contribution is -2.44. The number of aryl methyl sites for hydroxylation is 1. The number of ether oxygens (including phenoxy) is 2. The molecule has 30 heavy (non-hydrogen) atoms. The summed E-state index contributed by atoms with van der Waals surface area (Å²) in [6.45, 7) is 1.98. The zero-order valence-electron chi connectivity index (χ0n) is 17.8. The van der Waals surface area contributed by atoms with E-state index in [4.69, 9.17) is 9.47 Å². The van der Waals surface area contributed by atoms with Crippen molar-refractivity contribution >= 4 is 11.8 Å². The van der Waals surface area contributed by atoms with Gasteiger partial charge >= 0.3 is 0 Å². The van der Waals surface area contributed by atoms with E-state index in [1.807, 2.05) is 29.9 Å². The van der Waals surface area contributed by atoms with Crippen LogP contribution in [0.5, 0.6) is 0 Å². The maximum absolute atomic E-state index is 13.2. The van der Waals surface area contributed by atoms with Gasteiger partial charge in [-0.25, -0.2) is 4.39 Å². The fourth-order valence-corrected chi connectivity index (χ4v) is 3.04. The average Bonchev–Trinajstić information content (AvgIpc) is 3.14. The SMILES string of the molecule is COCCCN(CC(=O)N(CCOC)Cc1cccn1C)C(=O)c1ccc(F)cc1. The van der Waals surface area contributed by atoms with E-state index in [9.17, 15) is 14.0 Å². The monoisotopic (exact) mass is 419 g/mol. The van der Waals surface area contributed by atoms with Crippen LogP contribution in [0.15, 0.2) is 42.6 Å². The highest BCUT2D eigenvalue weighted by Gasteiger charge is 2.23. The molecule has 1 aromatic heterocycles. The summed E-state index contributed by atoms with van der Waals surface area (Å²) in [5.74, 6) is -0.909. The number of carbonyl (C=O) groups is 2. The highest BCUT2D eigenvalue weighted by Crippen LogP contribution is 2.10. The van der Waals surface area contributed by atoms with Crippen LogP contribution < -0.4 is 0 Å². The van der Waals surface area contributed by atoms with Crippen LogP contribution in [0.1, 0.15) is 22.5 Å². The maximum Gasteiger partial charge on any atom is 0.254 e. The van der Waals surface area contributed by atoms with Gasteiger partial charge in [0.25, 0.3) is 5.91 Å². The summed E-state index contributed by atoms with van der Waals surface area (Å²) in [5, 5.41) is 0. The quantitative estimate of drug-likeness (QED) is 0.496. The molecule has 0 aliphatic rings. The second kappa shape index (κ2) is 12.1. The number of amides is 2. The number of halogens is 1. The van der Waals surface area contributed by atoms with E-state index >= 15 is 0 Å². The molecule has 1 aromatic carbocycles. The molecule has 0 aliphatic heterocycles. The molecule has 1 heterocycles. The maximum atomic E-state index is 13.2. The van der Waals surface area contributed by atoms with Crippen molar-refractivity contribution in [2.45, 2.75) is 13.0 Å². The Morgan fingerprint density at radius 3 is 2.30 bits per heavy atom. The van der Waals surface area contributed by atoms with E-state index in [1.165, 1.54) is 29.2 Å². The van der Waals surface area contributed by atoms with E-state index in [1.54, 1.807) is 19.1 Å². The topological polar surface area (TPSA) is 64.0 Å². The van der Waals surface area contributed by atoms with Gasteiger partial charge in [0.05, 0.1) is 13.2 Å². The Balaban J connectivity index is 2.14. The summed E-state index contributed by atoms with van der Waals surface area (Å²) in [4.78, 5) is 29.2. The molecule has 0 saturated carbocycles. The molecule has 7 nitrogen and oxygen atoms in total. The summed E-state index contributed by atoms with van der Waals surface area (Å²) >= 11 is 0. The predicted octanol–water partition coefficient (Wildman–Crippen LogP) is 2.32. The molecule has 2 aromatic rings. The molecule has 0 bridgehead atoms. The lowest BCUT2D eigenvalue weighted by Gasteiger charge is -2.28. The van der Waals surface area contributed by atoms with Crippen LogP contribution in [-0.2, 0) is 27.9 Å². The van der Waals surface area contributed by atoms with Crippen molar-refractivity contribution in [1.82, 2.24) is 14.4 Å². The van der Waals surface area contributed by atoms with Crippen LogP contribution in [0, 0.1) is 5.82 Å². The second-order valence-corrected chi connectivity index (χ2v) is 7.00. The van der Waals surface area contributed by atoms with Crippen LogP contribution in [0.3, 0.4) is 0 Å². The van der Waals surface area contributed by atoms with E-state index < -0.39 is 5.82 Å². The molecule has 0 N–H and O–H groups in total. The minimum absolute atomic E-state index is 0.0753. The number of methoxy groups -OCH3 is 2. The third kappa shape index (κ3) is 6.96. The molecule has 0 spiro atoms. The number of aromatic nitrogens is 1. The number of nitrogens with zero attached hydrogens (tertiary/aromatic N) is 3. The molecule has 0 aliphatic carbocycles. The van der Waals surface area contributed by atoms with Gasteiger partial charge in [0.1, 0.15) is 12.4 Å². The van der Waals surface area contributed by atoms with E-state index in [0.717, 1.165) is 5.69 Å². The zero-order valence-corrected chi connectivity index (χ0v) is 17.8. The van der Waals surface area contributed by atoms with Gasteiger partial charge in [-0.2, -0.15) is 0 Å². The largest absolute Gasteiger partial charge is 0.385 e. The molecule has 0 saturated heterocycles. The van der Waals surface area contributed by atoms with E-state index in [0.29, 0.717) is 44.8 Å². The third-order valence-electron chi connectivity index (χ3n) is 4.80. The Kier molecular flexibility index (Phi) is 9.50. The molecule has 0 unspecified atom stereocenters. The van der Waals surface area contributed by atoms with Crippen LogP contribution in [0.25, 0.3) is 0 Å². The number of benzene rings is 1. The van der Waals surface area contributed by atoms with Crippen LogP contribution in [0.4, 0.5) is 4.39 Å². The van der Waals surface area contributed by atoms with Gasteiger partial charge in [-0.1, -0.05) is 0 Å². The van der Waals surface area contributed by atoms with Gasteiger partial charge in [0, 0.05) is 58.4 Å². The summed E-state index contributed by atoms with van der Waals surface area (Å²) in [7, 11) is 5.09. The number of hydrogen-bond donors (Lipinski definition) is 0. The van der Waals surface area contributed by atoms with Gasteiger partial charge in [-0.15, -0.1) is 0 Å². The van der Waals surface area contributed by atoms with Gasteiger partial charge in [0.15, 0.2) is 0 Å². The van der Waals surface area contributed by atoms with Crippen molar-refractivity contribution in [3.05, 3.63) is 59.7 Å². The molecule has 8 heteroatoms. The van der Waals surface area contributed by atoms with E-state index in [2.05, 4.69) is 0 Å². The first-order valence-corrected chi connectivity index (χ1v) is 9.87. The fourth-order valence-electron chi connectivity index (χ4n) is 3.04. The molecule has 0 radical (unpaired) electrons. The van der Waals surface area contributed by atoms with Gasteiger partial charge in [0.2, 0.25) is 5.91 Å². The summed E-state index contributed by atoms with van der Waals surface area (Å²) in [6, 6.07) is 9.21. The van der Waals surface area contributed by atoms with Gasteiger partial charge in [-0.05, 0) is 42.8 Å². The number of rotatable bonds is 12. The molecule has 0 atom stereocenters. The normalized spacial score (nSPS) is 10.8. The van der Waals surface area contributed by atoms with Crippen molar-refractivity contribution in [2.75, 3.05) is 47.1 Å². The molecule has 2 rings (SSSR count). The summed E-state index contributed by atoms with van der Waals surface area (Å²) in [5.41, 5.74) is 1.32. The fraction of sp³-hybridized carbons (Fsp3) is 0.455. The van der Waals surface area contributed by atoms with Crippen LogP contribution in [-0.4, -0.2) is 73.2 Å². The number of carbonyl (C=O) groups excluding carboxylic acids is 2. The van der Waals surface area contributed by atoms with Crippen molar-refractivity contribution in [2.24, 2.45) is 7.05 Å². The summed E-state index contributed by atoms with van der Waals surface area (Å²) in [6.07, 6.45) is 2.51. The standard InChI is InChI=1S/C22H30FN3O4/c1-24-11-4-6-20(24)16-25(13-15-30-3)21(27)17-26(12-5-14-29-2)22(28)18-7-9-19(23)10-8-18/h4,6-11H,5,12-17H2,1-3H3. The lowest BCUT2D eigenvalue weighted by atomic mass is 10.2. The Labute approximate surface area is 177 Å². The Morgan fingerprint density at radius 1 is 1.00 bits per heavy atom. The highest BCUT2D eigenvalue weighted by molar-refractivity contribution is 5.96. The summed E-state index contributed by atoms with van der Waals surface area (Å²) < 4.78 is 25.4. The third-order valence-corrected chi connectivity index (χ3v) is 4.80. The lowest BCUT2D eigenvalue weighted by molar-refractivity contribution is -0.133. The van der Waals surface area contributed by atoms with Crippen molar-refractivity contribution in [3.63, 3.8) is 0 Å². The molecule has 2 amide bonds. The molecule has 0 fully saturated rings. The molecular formula is C22H30FN3O4. The first-order valence-electron chi connectivity index (χ1n) is 9.87. The second-order valence-electron chi connectivity index (χ2n) is 7.00. The van der Waals surface area contributed by atoms with Crippen molar-refractivity contribution in [3.8, 4) is 0 Å². The Hall–Kier alpha value is -2.71. The minimum Gasteiger partial charge on any atom is -0.385 e. The zero-order chi connectivity index (χ0) is 21.9. The van der Waals surface area contributed by atoms with Gasteiger partial charge < -0.3 is 23.8 Å². The number of hydrogen-bond acceptors (Lipinski definition) is 4. The van der Waals surface area contributed by atoms with Gasteiger partial charge in [-0.3, -0.25) is 9.59 Å². The van der Waals surface area contributed by atoms with Crippen molar-refractivity contribution in [1.29, 1.82) is 0 Å². The molecule has 164 valence electrons. The average molecular weight is 419 g/mol. The minimum atomic E-state index is -0.415. The highest BCUT2D eigenvalue weighted by atomic mass is 19.1. The first kappa shape index (κ1) is 23.6. The van der Waals surface area contributed by atoms with E-state index in [-0.39, 0.29) is 18.4 Å². The predicted molar refractivity (Wildman–Crippen MR) is 112 cm³/mol. The smallest absolute Gasteiger partial charge is 0.254 e. The van der Waals surface area contributed by atoms with Crippen molar-refractivity contribution < 1.29 is 23.5 Å². The first-order chi connectivity index (χ1) is 14.5. The molecular weight excluding hydrogens is 389 g/mol. The Bertz CT molecular complexity index is 807. The Morgan fingerprint density at radius 2 is 1.70 bits per heavy atom.